The third-order valence-corrected chi connectivity index (χ3v) is 2.50. The molecule has 2 aromatic rings. The second-order valence-corrected chi connectivity index (χ2v) is 3.60. The maximum absolute atomic E-state index is 11.7. The van der Waals surface area contributed by atoms with Crippen LogP contribution in [0.1, 0.15) is 10.5 Å². The van der Waals surface area contributed by atoms with Gasteiger partial charge in [0.2, 0.25) is 0 Å². The molecule has 0 radical (unpaired) electrons. The zero-order valence-corrected chi connectivity index (χ0v) is 9.38. The standard InChI is InChI=1S/C9H8N4O5/c1-12-5-3(7(15)13(2)9(12)18)10-4(8(16)17)6(14)11-5/h1-2H3,(H,11,14)(H,16,17)/p-1. The lowest BCUT2D eigenvalue weighted by Gasteiger charge is -2.07. The minimum Gasteiger partial charge on any atom is -0.543 e. The van der Waals surface area contributed by atoms with E-state index in [1.807, 2.05) is 0 Å². The molecule has 2 heterocycles. The number of nitrogens with zero attached hydrogens (tertiary/aromatic N) is 3. The average molecular weight is 251 g/mol. The van der Waals surface area contributed by atoms with Gasteiger partial charge in [-0.15, -0.1) is 0 Å². The summed E-state index contributed by atoms with van der Waals surface area (Å²) < 4.78 is 1.75. The summed E-state index contributed by atoms with van der Waals surface area (Å²) >= 11 is 0. The highest BCUT2D eigenvalue weighted by Gasteiger charge is 2.13. The Labute approximate surface area is 97.9 Å². The van der Waals surface area contributed by atoms with E-state index in [0.29, 0.717) is 0 Å². The summed E-state index contributed by atoms with van der Waals surface area (Å²) in [5.74, 6) is -1.80. The predicted octanol–water partition coefficient (Wildman–Crippen LogP) is -3.32. The van der Waals surface area contributed by atoms with E-state index < -0.39 is 28.5 Å². The highest BCUT2D eigenvalue weighted by atomic mass is 16.4. The van der Waals surface area contributed by atoms with Crippen LogP contribution in [0.4, 0.5) is 0 Å². The Morgan fingerprint density at radius 1 is 1.22 bits per heavy atom. The van der Waals surface area contributed by atoms with Crippen LogP contribution in [0.2, 0.25) is 0 Å². The molecule has 0 saturated heterocycles. The Bertz CT molecular complexity index is 841. The Kier molecular flexibility index (Phi) is 2.39. The van der Waals surface area contributed by atoms with Gasteiger partial charge in [-0.05, 0) is 0 Å². The van der Waals surface area contributed by atoms with Gasteiger partial charge in [-0.3, -0.25) is 18.7 Å². The largest absolute Gasteiger partial charge is 0.543 e. The molecule has 0 amide bonds. The molecular formula is C9H7N4O5-. The van der Waals surface area contributed by atoms with Crippen molar-refractivity contribution < 1.29 is 9.90 Å². The molecule has 0 unspecified atom stereocenters. The molecule has 0 bridgehead atoms. The number of aryl methyl sites for hydroxylation is 1. The van der Waals surface area contributed by atoms with Gasteiger partial charge >= 0.3 is 5.69 Å². The molecule has 0 aromatic carbocycles. The van der Waals surface area contributed by atoms with Crippen molar-refractivity contribution in [1.29, 1.82) is 0 Å². The van der Waals surface area contributed by atoms with Crippen LogP contribution in [0.15, 0.2) is 14.4 Å². The van der Waals surface area contributed by atoms with Crippen molar-refractivity contribution in [2.75, 3.05) is 0 Å². The van der Waals surface area contributed by atoms with Crippen LogP contribution in [0, 0.1) is 0 Å². The first kappa shape index (κ1) is 11.8. The van der Waals surface area contributed by atoms with Gasteiger partial charge in [0.05, 0.1) is 5.97 Å². The van der Waals surface area contributed by atoms with Crippen molar-refractivity contribution in [1.82, 2.24) is 19.1 Å². The number of nitrogens with one attached hydrogen (secondary N) is 1. The minimum atomic E-state index is -1.80. The number of carboxylic acid groups (broad SMARTS) is 1. The van der Waals surface area contributed by atoms with Crippen molar-refractivity contribution in [2.45, 2.75) is 0 Å². The molecule has 94 valence electrons. The number of hydrogen-bond donors (Lipinski definition) is 1. The fourth-order valence-electron chi connectivity index (χ4n) is 1.54. The van der Waals surface area contributed by atoms with Crippen LogP contribution in [-0.4, -0.2) is 25.1 Å². The zero-order chi connectivity index (χ0) is 13.6. The molecule has 0 atom stereocenters. The SMILES string of the molecule is Cn1c(=O)c2nc(C(=O)[O-])c(=O)[nH]c2n(C)c1=O. The highest BCUT2D eigenvalue weighted by Crippen LogP contribution is 1.97. The maximum atomic E-state index is 11.7. The molecule has 0 aliphatic carbocycles. The van der Waals surface area contributed by atoms with E-state index >= 15 is 0 Å². The third-order valence-electron chi connectivity index (χ3n) is 2.50. The fourth-order valence-corrected chi connectivity index (χ4v) is 1.54. The molecule has 18 heavy (non-hydrogen) atoms. The smallest absolute Gasteiger partial charge is 0.332 e. The molecule has 9 nitrogen and oxygen atoms in total. The van der Waals surface area contributed by atoms with Gasteiger partial charge in [0.1, 0.15) is 5.65 Å². The molecular weight excluding hydrogens is 244 g/mol. The Hall–Kier alpha value is -2.71. The summed E-state index contributed by atoms with van der Waals surface area (Å²) in [7, 11) is 2.54. The van der Waals surface area contributed by atoms with Crippen LogP contribution in [0.25, 0.3) is 11.2 Å². The van der Waals surface area contributed by atoms with Crippen molar-refractivity contribution in [2.24, 2.45) is 14.1 Å². The number of H-pyrrole nitrogens is 1. The van der Waals surface area contributed by atoms with Crippen LogP contribution >= 0.6 is 0 Å². The average Bonchev–Trinajstić information content (AvgIpc) is 2.33. The number of carbonyl (C=O) groups excluding carboxylic acids is 1. The lowest BCUT2D eigenvalue weighted by molar-refractivity contribution is -0.255. The van der Waals surface area contributed by atoms with Gasteiger partial charge in [-0.2, -0.15) is 0 Å². The lowest BCUT2D eigenvalue weighted by Crippen LogP contribution is -2.40. The number of rotatable bonds is 1. The third kappa shape index (κ3) is 1.44. The quantitative estimate of drug-likeness (QED) is 0.564. The first-order valence-corrected chi connectivity index (χ1v) is 4.76. The topological polar surface area (TPSA) is 130 Å². The normalized spacial score (nSPS) is 10.8. The Balaban J connectivity index is 3.14. The van der Waals surface area contributed by atoms with Crippen LogP contribution in [0.5, 0.6) is 0 Å². The molecule has 0 fully saturated rings. The van der Waals surface area contributed by atoms with E-state index in [1.54, 1.807) is 0 Å². The van der Waals surface area contributed by atoms with Gasteiger partial charge in [0, 0.05) is 14.1 Å². The minimum absolute atomic E-state index is 0.141. The Morgan fingerprint density at radius 3 is 2.39 bits per heavy atom. The van der Waals surface area contributed by atoms with E-state index in [0.717, 1.165) is 9.13 Å². The monoisotopic (exact) mass is 251 g/mol. The number of aromatic nitrogens is 4. The lowest BCUT2D eigenvalue weighted by atomic mass is 10.4. The molecule has 9 heteroatoms. The van der Waals surface area contributed by atoms with Crippen LogP contribution in [0.3, 0.4) is 0 Å². The van der Waals surface area contributed by atoms with Gasteiger partial charge in [0.15, 0.2) is 11.2 Å². The predicted molar refractivity (Wildman–Crippen MR) is 57.2 cm³/mol. The summed E-state index contributed by atoms with van der Waals surface area (Å²) in [6, 6.07) is 0. The maximum Gasteiger partial charge on any atom is 0.332 e. The number of hydrogen-bond acceptors (Lipinski definition) is 6. The molecule has 1 N–H and O–H groups in total. The van der Waals surface area contributed by atoms with E-state index in [9.17, 15) is 24.3 Å². The molecule has 2 rings (SSSR count). The van der Waals surface area contributed by atoms with Crippen molar-refractivity contribution in [3.05, 3.63) is 36.9 Å². The molecule has 0 spiro atoms. The summed E-state index contributed by atoms with van der Waals surface area (Å²) in [6.07, 6.45) is 0. The van der Waals surface area contributed by atoms with Gasteiger partial charge in [-0.1, -0.05) is 0 Å². The second-order valence-electron chi connectivity index (χ2n) is 3.60. The fraction of sp³-hybridized carbons (Fsp3) is 0.222. The van der Waals surface area contributed by atoms with Crippen LogP contribution in [-0.2, 0) is 14.1 Å². The first-order valence-electron chi connectivity index (χ1n) is 4.76. The summed E-state index contributed by atoms with van der Waals surface area (Å²) in [5, 5.41) is 10.6. The number of carbonyl (C=O) groups is 1. The van der Waals surface area contributed by atoms with Gasteiger partial charge in [0.25, 0.3) is 11.1 Å². The van der Waals surface area contributed by atoms with E-state index in [4.69, 9.17) is 0 Å². The summed E-state index contributed by atoms with van der Waals surface area (Å²) in [5.41, 5.74) is -3.86. The van der Waals surface area contributed by atoms with Crippen molar-refractivity contribution in [3.8, 4) is 0 Å². The van der Waals surface area contributed by atoms with E-state index in [-0.39, 0.29) is 11.2 Å². The first-order chi connectivity index (χ1) is 8.34. The molecule has 0 aliphatic rings. The van der Waals surface area contributed by atoms with Gasteiger partial charge in [-0.25, -0.2) is 9.78 Å². The van der Waals surface area contributed by atoms with E-state index in [1.165, 1.54) is 14.1 Å². The number of carboxylic acids is 1. The van der Waals surface area contributed by atoms with Crippen molar-refractivity contribution >= 4 is 17.1 Å². The number of fused-ring (bicyclic) bond motifs is 1. The van der Waals surface area contributed by atoms with Crippen molar-refractivity contribution in [3.63, 3.8) is 0 Å². The van der Waals surface area contributed by atoms with E-state index in [2.05, 4.69) is 9.97 Å². The second kappa shape index (κ2) is 3.65. The molecule has 0 aliphatic heterocycles. The van der Waals surface area contributed by atoms with Crippen LogP contribution < -0.4 is 21.9 Å². The van der Waals surface area contributed by atoms with Gasteiger partial charge < -0.3 is 14.9 Å². The molecule has 0 saturated carbocycles. The zero-order valence-electron chi connectivity index (χ0n) is 9.38. The molecule has 2 aromatic heterocycles. The number of aromatic carboxylic acids is 1. The Morgan fingerprint density at radius 2 is 1.83 bits per heavy atom. The summed E-state index contributed by atoms with van der Waals surface area (Å²) in [4.78, 5) is 50.9. The summed E-state index contributed by atoms with van der Waals surface area (Å²) in [6.45, 7) is 0. The number of aromatic amines is 1. The highest BCUT2D eigenvalue weighted by molar-refractivity contribution is 5.85.